The van der Waals surface area contributed by atoms with Gasteiger partial charge >= 0.3 is 0 Å². The van der Waals surface area contributed by atoms with Crippen LogP contribution in [-0.2, 0) is 6.54 Å². The molecule has 0 atom stereocenters. The van der Waals surface area contributed by atoms with E-state index in [0.29, 0.717) is 6.04 Å². The zero-order chi connectivity index (χ0) is 9.26. The van der Waals surface area contributed by atoms with Gasteiger partial charge in [0.15, 0.2) is 0 Å². The number of rotatable bonds is 3. The number of hydrogen-bond acceptors (Lipinski definition) is 3. The number of aliphatic hydroxyl groups excluding tert-OH is 1. The van der Waals surface area contributed by atoms with E-state index < -0.39 is 0 Å². The van der Waals surface area contributed by atoms with Crippen LogP contribution in [0.5, 0.6) is 0 Å². The Balaban J connectivity index is 1.77. The monoisotopic (exact) mass is 181 g/mol. The second-order valence-corrected chi connectivity index (χ2v) is 3.72. The number of nitrogens with zero attached hydrogens (tertiary/aromatic N) is 1. The molecule has 1 aromatic rings. The van der Waals surface area contributed by atoms with Crippen molar-refractivity contribution in [2.24, 2.45) is 0 Å². The van der Waals surface area contributed by atoms with Gasteiger partial charge in [0.25, 0.3) is 0 Å². The summed E-state index contributed by atoms with van der Waals surface area (Å²) in [5.74, 6) is 0. The maximum atomic E-state index is 9.07. The van der Waals surface area contributed by atoms with Crippen molar-refractivity contribution in [3.8, 4) is 0 Å². The first-order chi connectivity index (χ1) is 6.25. The van der Waals surface area contributed by atoms with Crippen molar-refractivity contribution in [3.63, 3.8) is 0 Å². The lowest BCUT2D eigenvalue weighted by atomic mass is 9.89. The van der Waals surface area contributed by atoms with Gasteiger partial charge in [-0.05, 0) is 19.8 Å². The van der Waals surface area contributed by atoms with E-state index in [1.807, 2.05) is 13.1 Å². The summed E-state index contributed by atoms with van der Waals surface area (Å²) in [5, 5.41) is 19.3. The molecule has 0 saturated heterocycles. The number of H-pyrrole nitrogens is 1. The zero-order valence-corrected chi connectivity index (χ0v) is 7.75. The molecule has 0 spiro atoms. The third-order valence-electron chi connectivity index (χ3n) is 2.63. The van der Waals surface area contributed by atoms with Gasteiger partial charge in [-0.2, -0.15) is 5.10 Å². The molecule has 1 saturated carbocycles. The zero-order valence-electron chi connectivity index (χ0n) is 7.75. The Morgan fingerprint density at radius 1 is 1.69 bits per heavy atom. The van der Waals surface area contributed by atoms with Gasteiger partial charge in [-0.15, -0.1) is 0 Å². The second-order valence-electron chi connectivity index (χ2n) is 3.72. The Labute approximate surface area is 77.4 Å². The fraction of sp³-hybridized carbons (Fsp3) is 0.667. The maximum absolute atomic E-state index is 9.07. The summed E-state index contributed by atoms with van der Waals surface area (Å²) in [6, 6.07) is 0.490. The largest absolute Gasteiger partial charge is 0.393 e. The van der Waals surface area contributed by atoms with Gasteiger partial charge in [0.1, 0.15) is 0 Å². The molecule has 4 nitrogen and oxygen atoms in total. The second kappa shape index (κ2) is 3.47. The summed E-state index contributed by atoms with van der Waals surface area (Å²) >= 11 is 0. The number of aliphatic hydroxyl groups is 1. The lowest BCUT2D eigenvalue weighted by molar-refractivity contribution is 0.0619. The first kappa shape index (κ1) is 8.72. The maximum Gasteiger partial charge on any atom is 0.0570 e. The topological polar surface area (TPSA) is 60.9 Å². The van der Waals surface area contributed by atoms with Gasteiger partial charge in [0.05, 0.1) is 12.3 Å². The smallest absolute Gasteiger partial charge is 0.0570 e. The molecule has 0 unspecified atom stereocenters. The Morgan fingerprint density at radius 3 is 3.00 bits per heavy atom. The van der Waals surface area contributed by atoms with Gasteiger partial charge in [-0.1, -0.05) is 0 Å². The van der Waals surface area contributed by atoms with Gasteiger partial charge < -0.3 is 10.4 Å². The minimum Gasteiger partial charge on any atom is -0.393 e. The lowest BCUT2D eigenvalue weighted by Gasteiger charge is -2.32. The lowest BCUT2D eigenvalue weighted by Crippen LogP contribution is -2.43. The van der Waals surface area contributed by atoms with Crippen molar-refractivity contribution in [1.82, 2.24) is 15.5 Å². The molecule has 4 heteroatoms. The molecule has 72 valence electrons. The molecular formula is C9H15N3O. The first-order valence-electron chi connectivity index (χ1n) is 4.66. The summed E-state index contributed by atoms with van der Waals surface area (Å²) in [6.07, 6.45) is 3.54. The molecule has 1 fully saturated rings. The molecule has 0 amide bonds. The molecule has 0 bridgehead atoms. The van der Waals surface area contributed by atoms with E-state index in [9.17, 15) is 0 Å². The Bertz CT molecular complexity index is 278. The van der Waals surface area contributed by atoms with Crippen LogP contribution in [0.3, 0.4) is 0 Å². The van der Waals surface area contributed by atoms with Gasteiger partial charge in [0.2, 0.25) is 0 Å². The summed E-state index contributed by atoms with van der Waals surface area (Å²) in [5.41, 5.74) is 2.33. The van der Waals surface area contributed by atoms with E-state index in [1.165, 1.54) is 5.56 Å². The molecule has 0 radical (unpaired) electrons. The number of nitrogens with one attached hydrogen (secondary N) is 2. The highest BCUT2D eigenvalue weighted by atomic mass is 16.3. The van der Waals surface area contributed by atoms with Crippen LogP contribution in [0.2, 0.25) is 0 Å². The molecule has 2 rings (SSSR count). The van der Waals surface area contributed by atoms with Crippen LogP contribution in [0.25, 0.3) is 0 Å². The highest BCUT2D eigenvalue weighted by Crippen LogP contribution is 2.19. The predicted molar refractivity (Wildman–Crippen MR) is 49.2 cm³/mol. The summed E-state index contributed by atoms with van der Waals surface area (Å²) < 4.78 is 0. The number of aromatic amines is 1. The molecule has 3 N–H and O–H groups in total. The minimum absolute atomic E-state index is 0.0806. The molecule has 1 aromatic heterocycles. The van der Waals surface area contributed by atoms with Crippen LogP contribution < -0.4 is 5.32 Å². The van der Waals surface area contributed by atoms with E-state index in [2.05, 4.69) is 15.5 Å². The van der Waals surface area contributed by atoms with Crippen LogP contribution in [0, 0.1) is 6.92 Å². The SMILES string of the molecule is Cc1[nH]ncc1CNC1CC(O)C1. The van der Waals surface area contributed by atoms with E-state index >= 15 is 0 Å². The van der Waals surface area contributed by atoms with Crippen LogP contribution >= 0.6 is 0 Å². The van der Waals surface area contributed by atoms with Gasteiger partial charge in [-0.25, -0.2) is 0 Å². The number of aryl methyl sites for hydroxylation is 1. The average Bonchev–Trinajstić information content (AvgIpc) is 2.43. The van der Waals surface area contributed by atoms with E-state index in [4.69, 9.17) is 5.11 Å². The van der Waals surface area contributed by atoms with E-state index in [1.54, 1.807) is 0 Å². The third-order valence-corrected chi connectivity index (χ3v) is 2.63. The van der Waals surface area contributed by atoms with Crippen LogP contribution in [0.4, 0.5) is 0 Å². The summed E-state index contributed by atoms with van der Waals surface area (Å²) in [7, 11) is 0. The molecule has 13 heavy (non-hydrogen) atoms. The summed E-state index contributed by atoms with van der Waals surface area (Å²) in [6.45, 7) is 2.86. The fourth-order valence-corrected chi connectivity index (χ4v) is 1.56. The van der Waals surface area contributed by atoms with E-state index in [-0.39, 0.29) is 6.10 Å². The normalized spacial score (nSPS) is 27.2. The fourth-order valence-electron chi connectivity index (χ4n) is 1.56. The third kappa shape index (κ3) is 1.89. The highest BCUT2D eigenvalue weighted by Gasteiger charge is 2.26. The Kier molecular flexibility index (Phi) is 2.33. The van der Waals surface area contributed by atoms with E-state index in [0.717, 1.165) is 25.1 Å². The molecular weight excluding hydrogens is 166 g/mol. The van der Waals surface area contributed by atoms with Crippen molar-refractivity contribution in [1.29, 1.82) is 0 Å². The van der Waals surface area contributed by atoms with Gasteiger partial charge in [-0.3, -0.25) is 5.10 Å². The Hall–Kier alpha value is -0.870. The van der Waals surface area contributed by atoms with Gasteiger partial charge in [0, 0.05) is 23.8 Å². The molecule has 1 aliphatic carbocycles. The predicted octanol–water partition coefficient (Wildman–Crippen LogP) is 0.331. The average molecular weight is 181 g/mol. The van der Waals surface area contributed by atoms with Crippen LogP contribution in [0.1, 0.15) is 24.1 Å². The van der Waals surface area contributed by atoms with Crippen molar-refractivity contribution >= 4 is 0 Å². The quantitative estimate of drug-likeness (QED) is 0.630. The van der Waals surface area contributed by atoms with Crippen LogP contribution in [0.15, 0.2) is 6.20 Å². The standard InChI is InChI=1S/C9H15N3O/c1-6-7(5-11-12-6)4-10-8-2-9(13)3-8/h5,8-10,13H,2-4H2,1H3,(H,11,12). The van der Waals surface area contributed by atoms with Crippen molar-refractivity contribution < 1.29 is 5.11 Å². The molecule has 1 heterocycles. The first-order valence-corrected chi connectivity index (χ1v) is 4.66. The summed E-state index contributed by atoms with van der Waals surface area (Å²) in [4.78, 5) is 0. The Morgan fingerprint density at radius 2 is 2.46 bits per heavy atom. The van der Waals surface area contributed by atoms with Crippen molar-refractivity contribution in [3.05, 3.63) is 17.5 Å². The molecule has 0 aliphatic heterocycles. The van der Waals surface area contributed by atoms with Crippen LogP contribution in [-0.4, -0.2) is 27.4 Å². The number of hydrogen-bond donors (Lipinski definition) is 3. The number of aromatic nitrogens is 2. The van der Waals surface area contributed by atoms with Crippen molar-refractivity contribution in [2.45, 2.75) is 38.5 Å². The molecule has 1 aliphatic rings. The highest BCUT2D eigenvalue weighted by molar-refractivity contribution is 5.14. The minimum atomic E-state index is -0.0806. The van der Waals surface area contributed by atoms with Crippen molar-refractivity contribution in [2.75, 3.05) is 0 Å². The molecule has 0 aromatic carbocycles.